The number of rotatable bonds is 2. The maximum Gasteiger partial charge on any atom is 0.0400 e. The van der Waals surface area contributed by atoms with Crippen LogP contribution in [0.25, 0.3) is 0 Å². The van der Waals surface area contributed by atoms with Crippen LogP contribution in [0.4, 0.5) is 0 Å². The van der Waals surface area contributed by atoms with Gasteiger partial charge in [0.15, 0.2) is 0 Å². The second-order valence-electron chi connectivity index (χ2n) is 2.00. The van der Waals surface area contributed by atoms with Gasteiger partial charge in [-0.25, -0.2) is 0 Å². The summed E-state index contributed by atoms with van der Waals surface area (Å²) in [6.45, 7) is 3.84. The number of hydrogen-bond acceptors (Lipinski definition) is 3. The van der Waals surface area contributed by atoms with Gasteiger partial charge in [-0.2, -0.15) is 5.10 Å². The minimum Gasteiger partial charge on any atom is -0.323 e. The van der Waals surface area contributed by atoms with Gasteiger partial charge in [-0.15, -0.1) is 0 Å². The van der Waals surface area contributed by atoms with Crippen molar-refractivity contribution >= 4 is 11.4 Å². The molecule has 0 aromatic carbocycles. The molecular formula is C6H13N3. The van der Waals surface area contributed by atoms with Gasteiger partial charge in [-0.05, 0) is 13.8 Å². The Balaban J connectivity index is 3.75. The molecule has 0 heterocycles. The van der Waals surface area contributed by atoms with E-state index in [2.05, 4.69) is 10.1 Å². The van der Waals surface area contributed by atoms with E-state index in [4.69, 9.17) is 5.84 Å². The molecule has 2 N–H and O–H groups in total. The summed E-state index contributed by atoms with van der Waals surface area (Å²) in [5.74, 6) is 5.01. The zero-order valence-electron chi connectivity index (χ0n) is 6.18. The van der Waals surface area contributed by atoms with Crippen molar-refractivity contribution < 1.29 is 0 Å². The Bertz CT molecular complexity index is 119. The van der Waals surface area contributed by atoms with Crippen molar-refractivity contribution in [3.8, 4) is 0 Å². The minimum absolute atomic E-state index is 0.785. The van der Waals surface area contributed by atoms with Crippen molar-refractivity contribution in [2.45, 2.75) is 20.3 Å². The molecule has 0 aliphatic carbocycles. The summed E-state index contributed by atoms with van der Waals surface area (Å²) in [6, 6.07) is 0. The van der Waals surface area contributed by atoms with Crippen LogP contribution in [-0.2, 0) is 0 Å². The van der Waals surface area contributed by atoms with Crippen molar-refractivity contribution in [3.63, 3.8) is 0 Å². The van der Waals surface area contributed by atoms with E-state index in [-0.39, 0.29) is 0 Å². The predicted molar refractivity (Wildman–Crippen MR) is 40.9 cm³/mol. The van der Waals surface area contributed by atoms with Gasteiger partial charge in [0, 0.05) is 24.9 Å². The molecule has 0 rings (SSSR count). The number of nitrogens with two attached hydrogens (primary N) is 1. The molecule has 0 bridgehead atoms. The first-order valence-corrected chi connectivity index (χ1v) is 2.86. The van der Waals surface area contributed by atoms with E-state index in [0.717, 1.165) is 17.8 Å². The molecular weight excluding hydrogens is 114 g/mol. The zero-order chi connectivity index (χ0) is 7.28. The van der Waals surface area contributed by atoms with E-state index in [0.29, 0.717) is 0 Å². The van der Waals surface area contributed by atoms with Crippen LogP contribution in [0.2, 0.25) is 0 Å². The standard InChI is InChI=1S/C6H13N3/c1-5(8-3)4-6(2)9-7/h4,7H2,1-3H3/b8-5+,9-6-. The topological polar surface area (TPSA) is 50.7 Å². The lowest BCUT2D eigenvalue weighted by Gasteiger charge is -1.95. The van der Waals surface area contributed by atoms with Crippen molar-refractivity contribution in [2.24, 2.45) is 15.9 Å². The molecule has 3 heteroatoms. The Morgan fingerprint density at radius 2 is 1.89 bits per heavy atom. The lowest BCUT2D eigenvalue weighted by molar-refractivity contribution is 1.21. The highest BCUT2D eigenvalue weighted by molar-refractivity contribution is 6.02. The van der Waals surface area contributed by atoms with E-state index in [1.54, 1.807) is 7.05 Å². The third kappa shape index (κ3) is 3.70. The van der Waals surface area contributed by atoms with Gasteiger partial charge < -0.3 is 5.84 Å². The Morgan fingerprint density at radius 3 is 2.22 bits per heavy atom. The minimum atomic E-state index is 0.785. The van der Waals surface area contributed by atoms with E-state index >= 15 is 0 Å². The molecule has 0 fully saturated rings. The molecule has 0 saturated carbocycles. The van der Waals surface area contributed by atoms with Crippen molar-refractivity contribution in [2.75, 3.05) is 7.05 Å². The van der Waals surface area contributed by atoms with Crippen LogP contribution in [-0.4, -0.2) is 18.5 Å². The first-order chi connectivity index (χ1) is 4.20. The summed E-state index contributed by atoms with van der Waals surface area (Å²) >= 11 is 0. The van der Waals surface area contributed by atoms with Gasteiger partial charge in [-0.3, -0.25) is 4.99 Å². The summed E-state index contributed by atoms with van der Waals surface area (Å²) in [6.07, 6.45) is 0.785. The average Bonchev–Trinajstić information content (AvgIpc) is 1.87. The third-order valence-electron chi connectivity index (χ3n) is 1.11. The summed E-state index contributed by atoms with van der Waals surface area (Å²) in [5, 5.41) is 3.51. The van der Waals surface area contributed by atoms with E-state index in [9.17, 15) is 0 Å². The average molecular weight is 127 g/mol. The second-order valence-corrected chi connectivity index (χ2v) is 2.00. The molecule has 0 amide bonds. The normalized spacial score (nSPS) is 14.1. The number of hydrogen-bond donors (Lipinski definition) is 1. The first-order valence-electron chi connectivity index (χ1n) is 2.86. The molecule has 0 aromatic heterocycles. The van der Waals surface area contributed by atoms with Gasteiger partial charge in [-0.1, -0.05) is 0 Å². The molecule has 0 radical (unpaired) electrons. The van der Waals surface area contributed by atoms with Gasteiger partial charge in [0.1, 0.15) is 0 Å². The fourth-order valence-electron chi connectivity index (χ4n) is 0.495. The van der Waals surface area contributed by atoms with Crippen molar-refractivity contribution in [1.82, 2.24) is 0 Å². The molecule has 52 valence electrons. The lowest BCUT2D eigenvalue weighted by atomic mass is 10.2. The molecule has 0 unspecified atom stereocenters. The fourth-order valence-corrected chi connectivity index (χ4v) is 0.495. The number of aliphatic imine (C=N–C) groups is 1. The molecule has 0 aliphatic rings. The molecule has 0 spiro atoms. The summed E-state index contributed by atoms with van der Waals surface area (Å²) in [7, 11) is 1.76. The van der Waals surface area contributed by atoms with E-state index < -0.39 is 0 Å². The van der Waals surface area contributed by atoms with Gasteiger partial charge in [0.05, 0.1) is 0 Å². The van der Waals surface area contributed by atoms with Crippen LogP contribution in [0.15, 0.2) is 10.1 Å². The van der Waals surface area contributed by atoms with Crippen molar-refractivity contribution in [1.29, 1.82) is 0 Å². The molecule has 9 heavy (non-hydrogen) atoms. The highest BCUT2D eigenvalue weighted by atomic mass is 15.1. The predicted octanol–water partition coefficient (Wildman–Crippen LogP) is 0.802. The monoisotopic (exact) mass is 127 g/mol. The maximum atomic E-state index is 5.01. The first kappa shape index (κ1) is 8.14. The van der Waals surface area contributed by atoms with Crippen LogP contribution < -0.4 is 5.84 Å². The summed E-state index contributed by atoms with van der Waals surface area (Å²) in [4.78, 5) is 3.96. The Labute approximate surface area is 55.7 Å². The molecule has 3 nitrogen and oxygen atoms in total. The summed E-state index contributed by atoms with van der Waals surface area (Å²) in [5.41, 5.74) is 1.97. The van der Waals surface area contributed by atoms with Gasteiger partial charge in [0.25, 0.3) is 0 Å². The SMILES string of the molecule is C/N=C(\C)C/C(C)=N\N. The lowest BCUT2D eigenvalue weighted by Crippen LogP contribution is -2.02. The summed E-state index contributed by atoms with van der Waals surface area (Å²) < 4.78 is 0. The Kier molecular flexibility index (Phi) is 3.67. The molecule has 0 saturated heterocycles. The van der Waals surface area contributed by atoms with Crippen LogP contribution in [0.5, 0.6) is 0 Å². The Hall–Kier alpha value is -0.860. The highest BCUT2D eigenvalue weighted by Gasteiger charge is 1.91. The smallest absolute Gasteiger partial charge is 0.0400 e. The van der Waals surface area contributed by atoms with Crippen LogP contribution in [0, 0.1) is 0 Å². The quantitative estimate of drug-likeness (QED) is 0.333. The molecule has 0 aliphatic heterocycles. The van der Waals surface area contributed by atoms with Crippen LogP contribution >= 0.6 is 0 Å². The van der Waals surface area contributed by atoms with Gasteiger partial charge >= 0.3 is 0 Å². The van der Waals surface area contributed by atoms with E-state index in [1.165, 1.54) is 0 Å². The van der Waals surface area contributed by atoms with Crippen LogP contribution in [0.3, 0.4) is 0 Å². The molecule has 0 aromatic rings. The fraction of sp³-hybridized carbons (Fsp3) is 0.667. The third-order valence-corrected chi connectivity index (χ3v) is 1.11. The van der Waals surface area contributed by atoms with Crippen LogP contribution in [0.1, 0.15) is 20.3 Å². The maximum absolute atomic E-state index is 5.01. The second kappa shape index (κ2) is 4.06. The number of nitrogens with zero attached hydrogens (tertiary/aromatic N) is 2. The Morgan fingerprint density at radius 1 is 1.33 bits per heavy atom. The number of hydrazone groups is 1. The largest absolute Gasteiger partial charge is 0.323 e. The highest BCUT2D eigenvalue weighted by Crippen LogP contribution is 1.87. The van der Waals surface area contributed by atoms with Crippen molar-refractivity contribution in [3.05, 3.63) is 0 Å². The zero-order valence-corrected chi connectivity index (χ0v) is 6.18. The molecule has 0 atom stereocenters. The van der Waals surface area contributed by atoms with Gasteiger partial charge in [0.2, 0.25) is 0 Å². The van der Waals surface area contributed by atoms with E-state index in [1.807, 2.05) is 13.8 Å².